The molecular weight excluding hydrogens is 532 g/mol. The molecule has 0 aliphatic carbocycles. The number of piperidine rings is 1. The molecule has 0 spiro atoms. The monoisotopic (exact) mass is 567 g/mol. The summed E-state index contributed by atoms with van der Waals surface area (Å²) in [5.41, 5.74) is 2.00. The summed E-state index contributed by atoms with van der Waals surface area (Å²) in [4.78, 5) is 20.5. The number of carbonyl (C=O) groups is 1. The first kappa shape index (κ1) is 27.0. The summed E-state index contributed by atoms with van der Waals surface area (Å²) in [5.74, 6) is 0.352. The number of benzene rings is 2. The zero-order chi connectivity index (χ0) is 22.8. The van der Waals surface area contributed by atoms with Gasteiger partial charge in [0.05, 0.1) is 0 Å². The number of guanidine groups is 1. The smallest absolute Gasteiger partial charge is 0.243 e. The number of hydrogen-bond acceptors (Lipinski definition) is 3. The Balaban J connectivity index is 0.00000385. The highest BCUT2D eigenvalue weighted by molar-refractivity contribution is 14.0. The molecule has 6 nitrogen and oxygen atoms in total. The Morgan fingerprint density at radius 3 is 2.42 bits per heavy atom. The van der Waals surface area contributed by atoms with Gasteiger partial charge in [-0.05, 0) is 36.5 Å². The average molecular weight is 567 g/mol. The van der Waals surface area contributed by atoms with Crippen molar-refractivity contribution in [3.8, 4) is 0 Å². The second kappa shape index (κ2) is 14.1. The van der Waals surface area contributed by atoms with Gasteiger partial charge < -0.3 is 15.5 Å². The second-order valence-electron chi connectivity index (χ2n) is 8.40. The van der Waals surface area contributed by atoms with Crippen molar-refractivity contribution in [2.24, 2.45) is 4.99 Å². The number of hydrogen-bond donors (Lipinski definition) is 2. The predicted octanol–water partition coefficient (Wildman–Crippen LogP) is 3.27. The van der Waals surface area contributed by atoms with Crippen molar-refractivity contribution in [3.05, 3.63) is 71.5 Å². The summed E-state index contributed by atoms with van der Waals surface area (Å²) in [6.45, 7) is 3.59. The molecule has 2 N–H and O–H groups in total. The standard InChI is InChI=1S/C25H34FN5O.HI/c1-30(2)24(32)18-28-25(27-15-12-21-10-6-7-11-23(21)26)29-22-13-16-31(17-14-22)19-20-8-4-3-5-9-20;/h3-11,22H,12-19H2,1-2H3,(H2,27,28,29);1H. The van der Waals surface area contributed by atoms with Gasteiger partial charge in [-0.1, -0.05) is 48.5 Å². The molecule has 1 aliphatic rings. The van der Waals surface area contributed by atoms with Crippen LogP contribution < -0.4 is 10.6 Å². The van der Waals surface area contributed by atoms with Gasteiger partial charge >= 0.3 is 0 Å². The molecule has 2 aromatic carbocycles. The first-order valence-corrected chi connectivity index (χ1v) is 11.3. The number of rotatable bonds is 8. The third-order valence-corrected chi connectivity index (χ3v) is 5.69. The third kappa shape index (κ3) is 9.29. The van der Waals surface area contributed by atoms with Crippen LogP contribution in [0.1, 0.15) is 24.0 Å². The molecule has 0 atom stereocenters. The molecule has 0 saturated carbocycles. The van der Waals surface area contributed by atoms with Gasteiger partial charge in [0.25, 0.3) is 0 Å². The molecule has 0 radical (unpaired) electrons. The van der Waals surface area contributed by atoms with Crippen molar-refractivity contribution in [1.82, 2.24) is 20.4 Å². The molecule has 0 aromatic heterocycles. The van der Waals surface area contributed by atoms with Crippen molar-refractivity contribution < 1.29 is 9.18 Å². The molecule has 180 valence electrons. The maximum Gasteiger partial charge on any atom is 0.243 e. The molecule has 1 heterocycles. The molecule has 1 amide bonds. The molecule has 1 fully saturated rings. The minimum absolute atomic E-state index is 0. The summed E-state index contributed by atoms with van der Waals surface area (Å²) in [6.07, 6.45) is 2.55. The SMILES string of the molecule is CN(C)C(=O)CN=C(NCCc1ccccc1F)NC1CCN(Cc2ccccc2)CC1.I. The number of halogens is 2. The van der Waals surface area contributed by atoms with Crippen LogP contribution in [0.5, 0.6) is 0 Å². The van der Waals surface area contributed by atoms with Gasteiger partial charge in [-0.25, -0.2) is 9.38 Å². The Labute approximate surface area is 213 Å². The molecule has 0 bridgehead atoms. The summed E-state index contributed by atoms with van der Waals surface area (Å²) < 4.78 is 13.9. The van der Waals surface area contributed by atoms with E-state index < -0.39 is 0 Å². The molecule has 0 unspecified atom stereocenters. The van der Waals surface area contributed by atoms with E-state index in [1.165, 1.54) is 16.5 Å². The Kier molecular flexibility index (Phi) is 11.6. The highest BCUT2D eigenvalue weighted by atomic mass is 127. The number of likely N-dealkylation sites (N-methyl/N-ethyl adjacent to an activating group) is 1. The van der Waals surface area contributed by atoms with Crippen molar-refractivity contribution in [3.63, 3.8) is 0 Å². The van der Waals surface area contributed by atoms with Gasteiger partial charge in [0.15, 0.2) is 5.96 Å². The van der Waals surface area contributed by atoms with Crippen LogP contribution in [-0.2, 0) is 17.8 Å². The van der Waals surface area contributed by atoms with Crippen molar-refractivity contribution in [1.29, 1.82) is 0 Å². The lowest BCUT2D eigenvalue weighted by molar-refractivity contribution is -0.127. The Morgan fingerprint density at radius 2 is 1.76 bits per heavy atom. The second-order valence-corrected chi connectivity index (χ2v) is 8.40. The van der Waals surface area contributed by atoms with Gasteiger partial charge in [-0.15, -0.1) is 24.0 Å². The van der Waals surface area contributed by atoms with Crippen LogP contribution in [0.4, 0.5) is 4.39 Å². The highest BCUT2D eigenvalue weighted by Crippen LogP contribution is 2.14. The van der Waals surface area contributed by atoms with E-state index >= 15 is 0 Å². The summed E-state index contributed by atoms with van der Waals surface area (Å²) in [6, 6.07) is 17.6. The zero-order valence-corrected chi connectivity index (χ0v) is 21.8. The fourth-order valence-electron chi connectivity index (χ4n) is 3.73. The van der Waals surface area contributed by atoms with E-state index in [0.29, 0.717) is 24.5 Å². The fraction of sp³-hybridized carbons (Fsp3) is 0.440. The molecule has 8 heteroatoms. The van der Waals surface area contributed by atoms with E-state index in [1.807, 2.05) is 12.1 Å². The van der Waals surface area contributed by atoms with Gasteiger partial charge in [0, 0.05) is 46.3 Å². The Hall–Kier alpha value is -2.20. The fourth-order valence-corrected chi connectivity index (χ4v) is 3.73. The number of nitrogens with one attached hydrogen (secondary N) is 2. The molecule has 1 aliphatic heterocycles. The topological polar surface area (TPSA) is 60.0 Å². The van der Waals surface area contributed by atoms with Gasteiger partial charge in [0.2, 0.25) is 5.91 Å². The third-order valence-electron chi connectivity index (χ3n) is 5.69. The lowest BCUT2D eigenvalue weighted by atomic mass is 10.0. The lowest BCUT2D eigenvalue weighted by Crippen LogP contribution is -2.49. The van der Waals surface area contributed by atoms with Crippen LogP contribution in [-0.4, -0.2) is 68.0 Å². The predicted molar refractivity (Wildman–Crippen MR) is 142 cm³/mol. The van der Waals surface area contributed by atoms with E-state index in [4.69, 9.17) is 0 Å². The average Bonchev–Trinajstić information content (AvgIpc) is 2.80. The van der Waals surface area contributed by atoms with Crippen LogP contribution in [0.3, 0.4) is 0 Å². The quantitative estimate of drug-likeness (QED) is 0.292. The molecule has 33 heavy (non-hydrogen) atoms. The van der Waals surface area contributed by atoms with Crippen LogP contribution >= 0.6 is 24.0 Å². The van der Waals surface area contributed by atoms with Crippen LogP contribution in [0.15, 0.2) is 59.6 Å². The van der Waals surface area contributed by atoms with E-state index in [1.54, 1.807) is 26.2 Å². The maximum absolute atomic E-state index is 13.9. The minimum Gasteiger partial charge on any atom is -0.356 e. The van der Waals surface area contributed by atoms with E-state index in [0.717, 1.165) is 32.5 Å². The Morgan fingerprint density at radius 1 is 1.09 bits per heavy atom. The van der Waals surface area contributed by atoms with E-state index in [-0.39, 0.29) is 48.3 Å². The lowest BCUT2D eigenvalue weighted by Gasteiger charge is -2.33. The maximum atomic E-state index is 13.9. The van der Waals surface area contributed by atoms with Gasteiger partial charge in [0.1, 0.15) is 12.4 Å². The number of nitrogens with zero attached hydrogens (tertiary/aromatic N) is 3. The normalized spacial score (nSPS) is 14.9. The van der Waals surface area contributed by atoms with Crippen LogP contribution in [0, 0.1) is 5.82 Å². The number of likely N-dealkylation sites (tertiary alicyclic amines) is 1. The van der Waals surface area contributed by atoms with Crippen molar-refractivity contribution >= 4 is 35.8 Å². The highest BCUT2D eigenvalue weighted by Gasteiger charge is 2.20. The van der Waals surface area contributed by atoms with Crippen molar-refractivity contribution in [2.75, 3.05) is 40.3 Å². The van der Waals surface area contributed by atoms with Crippen LogP contribution in [0.2, 0.25) is 0 Å². The summed E-state index contributed by atoms with van der Waals surface area (Å²) in [5, 5.41) is 6.76. The summed E-state index contributed by atoms with van der Waals surface area (Å²) in [7, 11) is 3.44. The number of aliphatic imine (C=N–C) groups is 1. The number of carbonyl (C=O) groups excluding carboxylic acids is 1. The summed E-state index contributed by atoms with van der Waals surface area (Å²) >= 11 is 0. The molecular formula is C25H35FIN5O. The molecule has 2 aromatic rings. The molecule has 3 rings (SSSR count). The zero-order valence-electron chi connectivity index (χ0n) is 19.5. The van der Waals surface area contributed by atoms with Gasteiger partial charge in [-0.2, -0.15) is 0 Å². The van der Waals surface area contributed by atoms with Crippen LogP contribution in [0.25, 0.3) is 0 Å². The largest absolute Gasteiger partial charge is 0.356 e. The first-order chi connectivity index (χ1) is 15.5. The van der Waals surface area contributed by atoms with E-state index in [2.05, 4.69) is 44.8 Å². The molecule has 1 saturated heterocycles. The minimum atomic E-state index is -0.200. The van der Waals surface area contributed by atoms with Crippen molar-refractivity contribution in [2.45, 2.75) is 31.8 Å². The van der Waals surface area contributed by atoms with Gasteiger partial charge in [-0.3, -0.25) is 9.69 Å². The Bertz CT molecular complexity index is 885. The first-order valence-electron chi connectivity index (χ1n) is 11.3. The van der Waals surface area contributed by atoms with E-state index in [9.17, 15) is 9.18 Å². The number of amides is 1.